The number of carboxylic acid groups (broad SMARTS) is 1. The highest BCUT2D eigenvalue weighted by Crippen LogP contribution is 2.36. The minimum absolute atomic E-state index is 0.174. The third-order valence-corrected chi connectivity index (χ3v) is 2.89. The Hall–Kier alpha value is -1.52. The van der Waals surface area contributed by atoms with Gasteiger partial charge in [0, 0.05) is 18.7 Å². The van der Waals surface area contributed by atoms with Crippen molar-refractivity contribution in [2.45, 2.75) is 32.2 Å². The van der Waals surface area contributed by atoms with E-state index in [1.807, 2.05) is 20.9 Å². The average Bonchev–Trinajstić information content (AvgIpc) is 2.41. The lowest BCUT2D eigenvalue weighted by Crippen LogP contribution is -2.30. The fourth-order valence-corrected chi connectivity index (χ4v) is 2.25. The molecular weight excluding hydrogens is 194 g/mol. The van der Waals surface area contributed by atoms with Crippen molar-refractivity contribution < 1.29 is 9.90 Å². The Labute approximate surface area is 88.1 Å². The summed E-state index contributed by atoms with van der Waals surface area (Å²) in [6, 6.07) is 0.174. The third kappa shape index (κ3) is 1.48. The van der Waals surface area contributed by atoms with E-state index < -0.39 is 11.9 Å². The van der Waals surface area contributed by atoms with Crippen LogP contribution in [0.2, 0.25) is 0 Å². The molecular formula is C10H15N3O2. The van der Waals surface area contributed by atoms with Gasteiger partial charge in [-0.15, -0.1) is 0 Å². The van der Waals surface area contributed by atoms with Crippen LogP contribution in [0.4, 0.5) is 5.82 Å². The predicted molar refractivity (Wildman–Crippen MR) is 56.0 cm³/mol. The van der Waals surface area contributed by atoms with Crippen LogP contribution in [-0.4, -0.2) is 26.9 Å². The topological polar surface area (TPSA) is 67.2 Å². The molecule has 15 heavy (non-hydrogen) atoms. The molecule has 0 saturated heterocycles. The zero-order valence-electron chi connectivity index (χ0n) is 9.11. The Bertz CT molecular complexity index is 411. The minimum Gasteiger partial charge on any atom is -0.481 e. The largest absolute Gasteiger partial charge is 0.481 e. The Morgan fingerprint density at radius 3 is 2.93 bits per heavy atom. The number of hydrogen-bond acceptors (Lipinski definition) is 3. The molecule has 0 bridgehead atoms. The maximum absolute atomic E-state index is 11.2. The molecule has 0 saturated carbocycles. The van der Waals surface area contributed by atoms with E-state index in [0.717, 1.165) is 17.1 Å². The second kappa shape index (κ2) is 3.25. The Morgan fingerprint density at radius 2 is 2.33 bits per heavy atom. The number of rotatable bonds is 1. The second-order valence-electron chi connectivity index (χ2n) is 4.14. The molecule has 0 radical (unpaired) electrons. The number of aryl methyl sites for hydroxylation is 2. The van der Waals surface area contributed by atoms with Crippen LogP contribution in [0.3, 0.4) is 0 Å². The molecule has 1 aliphatic rings. The van der Waals surface area contributed by atoms with E-state index in [1.165, 1.54) is 0 Å². The van der Waals surface area contributed by atoms with Crippen LogP contribution < -0.4 is 5.32 Å². The summed E-state index contributed by atoms with van der Waals surface area (Å²) in [6.45, 7) is 3.84. The first-order valence-corrected chi connectivity index (χ1v) is 5.03. The molecule has 2 N–H and O–H groups in total. The molecule has 5 heteroatoms. The number of nitrogens with one attached hydrogen (secondary N) is 1. The maximum Gasteiger partial charge on any atom is 0.311 e. The first kappa shape index (κ1) is 10.0. The molecule has 1 aromatic rings. The van der Waals surface area contributed by atoms with Crippen LogP contribution in [0.15, 0.2) is 0 Å². The number of aliphatic carboxylic acids is 1. The van der Waals surface area contributed by atoms with Gasteiger partial charge in [0.25, 0.3) is 0 Å². The third-order valence-electron chi connectivity index (χ3n) is 2.89. The molecule has 1 aromatic heterocycles. The van der Waals surface area contributed by atoms with Gasteiger partial charge >= 0.3 is 5.97 Å². The molecule has 0 unspecified atom stereocenters. The van der Waals surface area contributed by atoms with E-state index in [4.69, 9.17) is 0 Å². The highest BCUT2D eigenvalue weighted by atomic mass is 16.4. The molecule has 82 valence electrons. The van der Waals surface area contributed by atoms with Crippen LogP contribution in [0.5, 0.6) is 0 Å². The van der Waals surface area contributed by atoms with E-state index in [2.05, 4.69) is 10.4 Å². The number of fused-ring (bicyclic) bond motifs is 1. The van der Waals surface area contributed by atoms with E-state index in [-0.39, 0.29) is 6.04 Å². The van der Waals surface area contributed by atoms with E-state index in [0.29, 0.717) is 6.42 Å². The van der Waals surface area contributed by atoms with Gasteiger partial charge in [-0.2, -0.15) is 5.10 Å². The summed E-state index contributed by atoms with van der Waals surface area (Å²) in [4.78, 5) is 11.2. The highest BCUT2D eigenvalue weighted by molar-refractivity contribution is 5.80. The zero-order chi connectivity index (χ0) is 11.2. The molecule has 0 fully saturated rings. The summed E-state index contributed by atoms with van der Waals surface area (Å²) in [6.07, 6.45) is 0.620. The quantitative estimate of drug-likeness (QED) is 0.726. The fourth-order valence-electron chi connectivity index (χ4n) is 2.25. The number of hydrogen-bond donors (Lipinski definition) is 2. The van der Waals surface area contributed by atoms with Gasteiger partial charge in [-0.05, 0) is 20.3 Å². The van der Waals surface area contributed by atoms with Crippen LogP contribution in [0.25, 0.3) is 0 Å². The molecule has 1 aliphatic heterocycles. The van der Waals surface area contributed by atoms with Crippen molar-refractivity contribution in [3.63, 3.8) is 0 Å². The average molecular weight is 209 g/mol. The van der Waals surface area contributed by atoms with Gasteiger partial charge in [0.15, 0.2) is 0 Å². The van der Waals surface area contributed by atoms with Crippen LogP contribution >= 0.6 is 0 Å². The molecule has 2 heterocycles. The minimum atomic E-state index is -0.763. The Morgan fingerprint density at radius 1 is 1.67 bits per heavy atom. The standard InChI is InChI=1S/C10H15N3O2/c1-5-4-7(10(14)15)8-6(2)12-13(3)9(8)11-5/h5,7,11H,4H2,1-3H3,(H,14,15)/t5-,7-/m1/s1. The first-order valence-electron chi connectivity index (χ1n) is 5.03. The monoisotopic (exact) mass is 209 g/mol. The summed E-state index contributed by atoms with van der Waals surface area (Å²) in [7, 11) is 1.83. The van der Waals surface area contributed by atoms with Gasteiger partial charge in [-0.3, -0.25) is 9.48 Å². The number of anilines is 1. The zero-order valence-corrected chi connectivity index (χ0v) is 9.11. The van der Waals surface area contributed by atoms with Crippen molar-refractivity contribution in [1.29, 1.82) is 0 Å². The van der Waals surface area contributed by atoms with E-state index >= 15 is 0 Å². The molecule has 0 aromatic carbocycles. The van der Waals surface area contributed by atoms with Crippen molar-refractivity contribution >= 4 is 11.8 Å². The number of aromatic nitrogens is 2. The number of carbonyl (C=O) groups is 1. The smallest absolute Gasteiger partial charge is 0.311 e. The van der Waals surface area contributed by atoms with Gasteiger partial charge in [0.05, 0.1) is 11.6 Å². The summed E-state index contributed by atoms with van der Waals surface area (Å²) < 4.78 is 1.72. The van der Waals surface area contributed by atoms with Crippen molar-refractivity contribution in [1.82, 2.24) is 9.78 Å². The molecule has 0 spiro atoms. The van der Waals surface area contributed by atoms with Crippen molar-refractivity contribution in [3.05, 3.63) is 11.3 Å². The van der Waals surface area contributed by atoms with Crippen LogP contribution in [0, 0.1) is 6.92 Å². The predicted octanol–water partition coefficient (Wildman–Crippen LogP) is 1.10. The summed E-state index contributed by atoms with van der Waals surface area (Å²) in [5.41, 5.74) is 1.64. The van der Waals surface area contributed by atoms with Crippen molar-refractivity contribution in [3.8, 4) is 0 Å². The van der Waals surface area contributed by atoms with Crippen molar-refractivity contribution in [2.24, 2.45) is 7.05 Å². The summed E-state index contributed by atoms with van der Waals surface area (Å²) in [5, 5.41) is 16.7. The lowest BCUT2D eigenvalue weighted by molar-refractivity contribution is -0.139. The molecule has 2 rings (SSSR count). The summed E-state index contributed by atoms with van der Waals surface area (Å²) >= 11 is 0. The number of carboxylic acids is 1. The van der Waals surface area contributed by atoms with E-state index in [9.17, 15) is 9.90 Å². The maximum atomic E-state index is 11.2. The molecule has 5 nitrogen and oxygen atoms in total. The van der Waals surface area contributed by atoms with Crippen LogP contribution in [0.1, 0.15) is 30.5 Å². The summed E-state index contributed by atoms with van der Waals surface area (Å²) in [5.74, 6) is -0.343. The molecule has 2 atom stereocenters. The normalized spacial score (nSPS) is 24.5. The highest BCUT2D eigenvalue weighted by Gasteiger charge is 2.33. The van der Waals surface area contributed by atoms with Gasteiger partial charge in [0.2, 0.25) is 0 Å². The second-order valence-corrected chi connectivity index (χ2v) is 4.14. The van der Waals surface area contributed by atoms with Gasteiger partial charge in [-0.1, -0.05) is 0 Å². The number of nitrogens with zero attached hydrogens (tertiary/aromatic N) is 2. The fraction of sp³-hybridized carbons (Fsp3) is 0.600. The molecule has 0 amide bonds. The first-order chi connectivity index (χ1) is 7.00. The van der Waals surface area contributed by atoms with Gasteiger partial charge < -0.3 is 10.4 Å². The van der Waals surface area contributed by atoms with E-state index in [1.54, 1.807) is 4.68 Å². The van der Waals surface area contributed by atoms with Gasteiger partial charge in [0.1, 0.15) is 5.82 Å². The lowest BCUT2D eigenvalue weighted by Gasteiger charge is -2.27. The lowest BCUT2D eigenvalue weighted by atomic mass is 9.89. The van der Waals surface area contributed by atoms with Crippen LogP contribution in [-0.2, 0) is 11.8 Å². The Balaban J connectivity index is 2.53. The van der Waals surface area contributed by atoms with Gasteiger partial charge in [-0.25, -0.2) is 0 Å². The van der Waals surface area contributed by atoms with Crippen molar-refractivity contribution in [2.75, 3.05) is 5.32 Å². The SMILES string of the molecule is Cc1nn(C)c2c1[C@H](C(=O)O)C[C@@H](C)N2. The molecule has 0 aliphatic carbocycles. The Kier molecular flexibility index (Phi) is 2.17.